The molecule has 27 heavy (non-hydrogen) atoms. The maximum atomic E-state index is 12.7. The van der Waals surface area contributed by atoms with Gasteiger partial charge in [0, 0.05) is 0 Å². The average molecular weight is 361 g/mol. The molecular formula is C24H27NO2. The molecule has 3 heteroatoms. The quantitative estimate of drug-likeness (QED) is 0.630. The molecule has 0 aromatic heterocycles. The molecule has 0 aliphatic rings. The van der Waals surface area contributed by atoms with Crippen LogP contribution in [0.3, 0.4) is 0 Å². The van der Waals surface area contributed by atoms with E-state index in [-0.39, 0.29) is 11.9 Å². The second kappa shape index (κ2) is 8.26. The molecule has 0 heterocycles. The summed E-state index contributed by atoms with van der Waals surface area (Å²) < 4.78 is 6.00. The van der Waals surface area contributed by atoms with Crippen LogP contribution in [-0.4, -0.2) is 12.0 Å². The van der Waals surface area contributed by atoms with Gasteiger partial charge in [0.05, 0.1) is 6.04 Å². The molecule has 3 aromatic carbocycles. The van der Waals surface area contributed by atoms with Crippen molar-refractivity contribution in [2.45, 2.75) is 46.3 Å². The summed E-state index contributed by atoms with van der Waals surface area (Å²) in [6.07, 6.45) is 0.0957. The van der Waals surface area contributed by atoms with Crippen molar-refractivity contribution < 1.29 is 9.53 Å². The first kappa shape index (κ1) is 19.0. The molecule has 0 fully saturated rings. The standard InChI is InChI=1S/C24H27NO2/c1-5-23(27-22-13-12-19-8-6-7-9-21(19)15-22)24(26)25-18(4)20-11-10-16(2)17(3)14-20/h6-15,18,23H,5H2,1-4H3,(H,25,26)/t18-,23+/m1/s1. The lowest BCUT2D eigenvalue weighted by Gasteiger charge is -2.21. The van der Waals surface area contributed by atoms with Gasteiger partial charge >= 0.3 is 0 Å². The number of benzene rings is 3. The fourth-order valence-corrected chi connectivity index (χ4v) is 3.15. The maximum absolute atomic E-state index is 12.7. The van der Waals surface area contributed by atoms with Crippen LogP contribution in [0.2, 0.25) is 0 Å². The number of carbonyl (C=O) groups excluding carboxylic acids is 1. The summed E-state index contributed by atoms with van der Waals surface area (Å²) in [5.41, 5.74) is 3.59. The first-order chi connectivity index (χ1) is 13.0. The van der Waals surface area contributed by atoms with Gasteiger partial charge < -0.3 is 10.1 Å². The molecule has 2 atom stereocenters. The van der Waals surface area contributed by atoms with Crippen molar-refractivity contribution in [1.82, 2.24) is 5.32 Å². The van der Waals surface area contributed by atoms with Crippen molar-refractivity contribution in [3.63, 3.8) is 0 Å². The first-order valence-electron chi connectivity index (χ1n) is 9.51. The van der Waals surface area contributed by atoms with Gasteiger partial charge in [0.15, 0.2) is 6.10 Å². The van der Waals surface area contributed by atoms with E-state index < -0.39 is 6.10 Å². The van der Waals surface area contributed by atoms with E-state index in [1.807, 2.05) is 50.2 Å². The fraction of sp³-hybridized carbons (Fsp3) is 0.292. The Kier molecular flexibility index (Phi) is 5.80. The van der Waals surface area contributed by atoms with Gasteiger partial charge in [-0.2, -0.15) is 0 Å². The van der Waals surface area contributed by atoms with E-state index in [9.17, 15) is 4.79 Å². The van der Waals surface area contributed by atoms with E-state index in [2.05, 4.69) is 43.4 Å². The number of ether oxygens (including phenoxy) is 1. The smallest absolute Gasteiger partial charge is 0.261 e. The molecule has 1 amide bonds. The zero-order chi connectivity index (χ0) is 19.4. The zero-order valence-corrected chi connectivity index (χ0v) is 16.5. The van der Waals surface area contributed by atoms with Gasteiger partial charge in [0.2, 0.25) is 0 Å². The Morgan fingerprint density at radius 3 is 2.41 bits per heavy atom. The van der Waals surface area contributed by atoms with Crippen molar-refractivity contribution in [2.24, 2.45) is 0 Å². The second-order valence-electron chi connectivity index (χ2n) is 7.10. The van der Waals surface area contributed by atoms with Gasteiger partial charge in [-0.05, 0) is 66.8 Å². The van der Waals surface area contributed by atoms with Gasteiger partial charge in [-0.25, -0.2) is 0 Å². The fourth-order valence-electron chi connectivity index (χ4n) is 3.15. The number of fused-ring (bicyclic) bond motifs is 1. The third-order valence-corrected chi connectivity index (χ3v) is 5.05. The highest BCUT2D eigenvalue weighted by Gasteiger charge is 2.21. The molecule has 0 bridgehead atoms. The van der Waals surface area contributed by atoms with Crippen LogP contribution < -0.4 is 10.1 Å². The highest BCUT2D eigenvalue weighted by atomic mass is 16.5. The molecule has 0 saturated heterocycles. The van der Waals surface area contributed by atoms with Gasteiger partial charge in [-0.1, -0.05) is 55.5 Å². The van der Waals surface area contributed by atoms with E-state index in [1.54, 1.807) is 0 Å². The number of rotatable bonds is 6. The van der Waals surface area contributed by atoms with Crippen molar-refractivity contribution >= 4 is 16.7 Å². The molecule has 0 saturated carbocycles. The summed E-state index contributed by atoms with van der Waals surface area (Å²) in [4.78, 5) is 12.7. The molecule has 3 aromatic rings. The molecule has 0 aliphatic heterocycles. The number of hydrogen-bond donors (Lipinski definition) is 1. The van der Waals surface area contributed by atoms with E-state index in [4.69, 9.17) is 4.74 Å². The lowest BCUT2D eigenvalue weighted by Crippen LogP contribution is -2.39. The number of nitrogens with one attached hydrogen (secondary N) is 1. The van der Waals surface area contributed by atoms with Crippen LogP contribution in [0.15, 0.2) is 60.7 Å². The lowest BCUT2D eigenvalue weighted by atomic mass is 10.0. The largest absolute Gasteiger partial charge is 0.481 e. The predicted molar refractivity (Wildman–Crippen MR) is 111 cm³/mol. The minimum absolute atomic E-state index is 0.0638. The van der Waals surface area contributed by atoms with Crippen molar-refractivity contribution in [2.75, 3.05) is 0 Å². The summed E-state index contributed by atoms with van der Waals surface area (Å²) >= 11 is 0. The lowest BCUT2D eigenvalue weighted by molar-refractivity contribution is -0.128. The minimum Gasteiger partial charge on any atom is -0.481 e. The van der Waals surface area contributed by atoms with Crippen molar-refractivity contribution in [3.05, 3.63) is 77.4 Å². The van der Waals surface area contributed by atoms with Crippen LogP contribution in [0, 0.1) is 13.8 Å². The minimum atomic E-state index is -0.514. The van der Waals surface area contributed by atoms with Crippen molar-refractivity contribution in [1.29, 1.82) is 0 Å². The summed E-state index contributed by atoms with van der Waals surface area (Å²) in [7, 11) is 0. The third-order valence-electron chi connectivity index (χ3n) is 5.05. The Hall–Kier alpha value is -2.81. The SMILES string of the molecule is CC[C@H](Oc1ccc2ccccc2c1)C(=O)N[C@H](C)c1ccc(C)c(C)c1. The monoisotopic (exact) mass is 361 g/mol. The van der Waals surface area contributed by atoms with Crippen LogP contribution in [0.1, 0.15) is 43.0 Å². The van der Waals surface area contributed by atoms with Crippen LogP contribution in [0.5, 0.6) is 5.75 Å². The van der Waals surface area contributed by atoms with E-state index in [1.165, 1.54) is 11.1 Å². The maximum Gasteiger partial charge on any atom is 0.261 e. The number of aryl methyl sites for hydroxylation is 2. The van der Waals surface area contributed by atoms with Crippen LogP contribution in [0.4, 0.5) is 0 Å². The zero-order valence-electron chi connectivity index (χ0n) is 16.5. The molecule has 0 spiro atoms. The number of amides is 1. The van der Waals surface area contributed by atoms with E-state index in [0.717, 1.165) is 22.1 Å². The summed E-state index contributed by atoms with van der Waals surface area (Å²) in [6, 6.07) is 20.3. The molecule has 0 radical (unpaired) electrons. The Balaban J connectivity index is 1.70. The van der Waals surface area contributed by atoms with Gasteiger partial charge in [-0.3, -0.25) is 4.79 Å². The summed E-state index contributed by atoms with van der Waals surface area (Å²) in [5, 5.41) is 5.35. The molecule has 1 N–H and O–H groups in total. The normalized spacial score (nSPS) is 13.2. The Morgan fingerprint density at radius 1 is 0.963 bits per heavy atom. The first-order valence-corrected chi connectivity index (χ1v) is 9.51. The molecular weight excluding hydrogens is 334 g/mol. The molecule has 3 nitrogen and oxygen atoms in total. The predicted octanol–water partition coefficient (Wildman–Crippen LogP) is 5.49. The van der Waals surface area contributed by atoms with Gasteiger partial charge in [0.25, 0.3) is 5.91 Å². The highest BCUT2D eigenvalue weighted by Crippen LogP contribution is 2.23. The van der Waals surface area contributed by atoms with Crippen LogP contribution >= 0.6 is 0 Å². The topological polar surface area (TPSA) is 38.3 Å². The second-order valence-corrected chi connectivity index (χ2v) is 7.10. The van der Waals surface area contributed by atoms with Crippen LogP contribution in [-0.2, 0) is 4.79 Å². The molecule has 140 valence electrons. The van der Waals surface area contributed by atoms with Crippen LogP contribution in [0.25, 0.3) is 10.8 Å². The Bertz CT molecular complexity index is 948. The van der Waals surface area contributed by atoms with Gasteiger partial charge in [-0.15, -0.1) is 0 Å². The van der Waals surface area contributed by atoms with Crippen molar-refractivity contribution in [3.8, 4) is 5.75 Å². The molecule has 0 unspecified atom stereocenters. The Labute approximate surface area is 161 Å². The third kappa shape index (κ3) is 4.48. The van der Waals surface area contributed by atoms with Gasteiger partial charge in [0.1, 0.15) is 5.75 Å². The van der Waals surface area contributed by atoms with E-state index >= 15 is 0 Å². The number of carbonyl (C=O) groups is 1. The molecule has 3 rings (SSSR count). The summed E-state index contributed by atoms with van der Waals surface area (Å²) in [6.45, 7) is 8.15. The molecule has 0 aliphatic carbocycles. The average Bonchev–Trinajstić information content (AvgIpc) is 2.67. The Morgan fingerprint density at radius 2 is 1.70 bits per heavy atom. The number of hydrogen-bond acceptors (Lipinski definition) is 2. The van der Waals surface area contributed by atoms with E-state index in [0.29, 0.717) is 6.42 Å². The summed E-state index contributed by atoms with van der Waals surface area (Å²) in [5.74, 6) is 0.630. The highest BCUT2D eigenvalue weighted by molar-refractivity contribution is 5.84.